The molecule has 0 radical (unpaired) electrons. The zero-order chi connectivity index (χ0) is 13.2. The van der Waals surface area contributed by atoms with Crippen LogP contribution in [0.4, 0.5) is 0 Å². The van der Waals surface area contributed by atoms with Crippen molar-refractivity contribution in [3.63, 3.8) is 0 Å². The molecule has 0 fully saturated rings. The summed E-state index contributed by atoms with van der Waals surface area (Å²) in [4.78, 5) is 11.2. The average Bonchev–Trinajstić information content (AvgIpc) is 3.01. The van der Waals surface area contributed by atoms with Crippen molar-refractivity contribution in [3.05, 3.63) is 23.4 Å². The van der Waals surface area contributed by atoms with Crippen LogP contribution >= 0.6 is 22.7 Å². The smallest absolute Gasteiger partial charge is 0.329 e. The number of aliphatic carboxylic acids is 1. The molecule has 0 unspecified atom stereocenters. The van der Waals surface area contributed by atoms with E-state index in [9.17, 15) is 4.79 Å². The van der Waals surface area contributed by atoms with Crippen LogP contribution in [0.3, 0.4) is 0 Å². The van der Waals surface area contributed by atoms with Gasteiger partial charge >= 0.3 is 5.97 Å². The lowest BCUT2D eigenvalue weighted by Crippen LogP contribution is -2.06. The Kier molecular flexibility index (Phi) is 3.28. The van der Waals surface area contributed by atoms with E-state index in [0.29, 0.717) is 5.89 Å². The fourth-order valence-corrected chi connectivity index (χ4v) is 3.54. The van der Waals surface area contributed by atoms with E-state index in [2.05, 4.69) is 10.2 Å². The zero-order valence-electron chi connectivity index (χ0n) is 9.53. The molecular weight excluding hydrogens is 288 g/mol. The van der Waals surface area contributed by atoms with Crippen LogP contribution in [0.5, 0.6) is 0 Å². The van der Waals surface area contributed by atoms with Gasteiger partial charge in [-0.25, -0.2) is 4.79 Å². The third kappa shape index (κ3) is 2.65. The Morgan fingerprint density at radius 1 is 1.42 bits per heavy atom. The zero-order valence-corrected chi connectivity index (χ0v) is 11.2. The van der Waals surface area contributed by atoms with Gasteiger partial charge in [-0.1, -0.05) is 0 Å². The normalized spacial score (nSPS) is 11.2. The molecule has 0 saturated heterocycles. The van der Waals surface area contributed by atoms with E-state index in [4.69, 9.17) is 14.3 Å². The van der Waals surface area contributed by atoms with Crippen molar-refractivity contribution in [2.24, 2.45) is 0 Å². The quantitative estimate of drug-likeness (QED) is 0.779. The monoisotopic (exact) mass is 296 g/mol. The molecule has 3 aromatic rings. The number of rotatable bonds is 5. The Hall–Kier alpha value is -1.77. The Labute approximate surface area is 115 Å². The Morgan fingerprint density at radius 2 is 2.32 bits per heavy atom. The molecule has 6 nitrogen and oxygen atoms in total. The summed E-state index contributed by atoms with van der Waals surface area (Å²) in [5.74, 6) is -0.325. The number of hydrogen-bond donors (Lipinski definition) is 1. The van der Waals surface area contributed by atoms with Gasteiger partial charge in [0.05, 0.1) is 4.88 Å². The summed E-state index contributed by atoms with van der Waals surface area (Å²) in [5.41, 5.74) is 0. The van der Waals surface area contributed by atoms with Gasteiger partial charge in [-0.05, 0) is 17.5 Å². The highest BCUT2D eigenvalue weighted by Gasteiger charge is 2.12. The van der Waals surface area contributed by atoms with Crippen molar-refractivity contribution in [3.8, 4) is 10.8 Å². The minimum Gasteiger partial charge on any atom is -0.480 e. The maximum atomic E-state index is 10.3. The number of fused-ring (bicyclic) bond motifs is 1. The van der Waals surface area contributed by atoms with Crippen molar-refractivity contribution in [2.75, 3.05) is 6.61 Å². The lowest BCUT2D eigenvalue weighted by atomic mass is 10.4. The molecule has 0 bridgehead atoms. The van der Waals surface area contributed by atoms with E-state index >= 15 is 0 Å². The Bertz CT molecular complexity index is 687. The lowest BCUT2D eigenvalue weighted by Gasteiger charge is -1.94. The van der Waals surface area contributed by atoms with Gasteiger partial charge in [-0.15, -0.1) is 32.9 Å². The highest BCUT2D eigenvalue weighted by atomic mass is 32.1. The Balaban J connectivity index is 1.73. The number of hydrogen-bond acceptors (Lipinski definition) is 7. The molecule has 0 aliphatic rings. The number of carbonyl (C=O) groups is 1. The molecule has 3 aromatic heterocycles. The maximum Gasteiger partial charge on any atom is 0.329 e. The van der Waals surface area contributed by atoms with E-state index in [1.54, 1.807) is 22.7 Å². The first-order valence-corrected chi connectivity index (χ1v) is 7.01. The minimum atomic E-state index is -1.03. The molecule has 0 atom stereocenters. The molecule has 3 heterocycles. The summed E-state index contributed by atoms with van der Waals surface area (Å²) in [5, 5.41) is 18.2. The van der Waals surface area contributed by atoms with Crippen LogP contribution in [-0.4, -0.2) is 27.9 Å². The van der Waals surface area contributed by atoms with Gasteiger partial charge in [0.1, 0.15) is 13.2 Å². The molecule has 0 aliphatic carbocycles. The summed E-state index contributed by atoms with van der Waals surface area (Å²) in [6.07, 6.45) is 0. The number of ether oxygens (including phenoxy) is 1. The number of carboxylic acid groups (broad SMARTS) is 1. The second-order valence-corrected chi connectivity index (χ2v) is 5.68. The van der Waals surface area contributed by atoms with Gasteiger partial charge < -0.3 is 14.3 Å². The van der Waals surface area contributed by atoms with Crippen molar-refractivity contribution in [1.29, 1.82) is 0 Å². The number of thiophene rings is 2. The number of nitrogens with zero attached hydrogens (tertiary/aromatic N) is 2. The van der Waals surface area contributed by atoms with Crippen LogP contribution in [-0.2, 0) is 16.1 Å². The van der Waals surface area contributed by atoms with Crippen molar-refractivity contribution in [1.82, 2.24) is 10.2 Å². The van der Waals surface area contributed by atoms with Crippen LogP contribution in [0, 0.1) is 0 Å². The molecule has 0 aromatic carbocycles. The second-order valence-electron chi connectivity index (χ2n) is 3.65. The van der Waals surface area contributed by atoms with Crippen LogP contribution in [0.15, 0.2) is 21.9 Å². The average molecular weight is 296 g/mol. The van der Waals surface area contributed by atoms with E-state index in [1.807, 2.05) is 17.5 Å². The molecule has 0 spiro atoms. The van der Waals surface area contributed by atoms with Gasteiger partial charge in [0.25, 0.3) is 5.89 Å². The predicted octanol–water partition coefficient (Wildman–Crippen LogP) is 2.61. The van der Waals surface area contributed by atoms with Gasteiger partial charge in [-0.2, -0.15) is 0 Å². The molecular formula is C11H8N2O4S2. The van der Waals surface area contributed by atoms with E-state index < -0.39 is 5.97 Å². The molecule has 0 saturated carbocycles. The molecule has 0 aliphatic heterocycles. The molecule has 3 rings (SSSR count). The number of aromatic nitrogens is 2. The fourth-order valence-electron chi connectivity index (χ4n) is 1.51. The lowest BCUT2D eigenvalue weighted by molar-refractivity contribution is -0.142. The minimum absolute atomic E-state index is 0.000950. The van der Waals surface area contributed by atoms with Gasteiger partial charge in [-0.3, -0.25) is 0 Å². The van der Waals surface area contributed by atoms with Crippen molar-refractivity contribution in [2.45, 2.75) is 6.61 Å². The SMILES string of the molecule is O=C(O)COCc1nnc(-c2cc3sccc3s2)o1. The molecule has 98 valence electrons. The largest absolute Gasteiger partial charge is 0.480 e. The van der Waals surface area contributed by atoms with Crippen LogP contribution < -0.4 is 0 Å². The maximum absolute atomic E-state index is 10.3. The predicted molar refractivity (Wildman–Crippen MR) is 70.3 cm³/mol. The highest BCUT2D eigenvalue weighted by molar-refractivity contribution is 7.28. The van der Waals surface area contributed by atoms with Gasteiger partial charge in [0.2, 0.25) is 5.89 Å². The third-order valence-corrected chi connectivity index (χ3v) is 4.35. The van der Waals surface area contributed by atoms with Crippen LogP contribution in [0.1, 0.15) is 5.89 Å². The Morgan fingerprint density at radius 3 is 3.11 bits per heavy atom. The number of carboxylic acids is 1. The third-order valence-electron chi connectivity index (χ3n) is 2.27. The molecule has 8 heteroatoms. The summed E-state index contributed by atoms with van der Waals surface area (Å²) < 4.78 is 12.7. The van der Waals surface area contributed by atoms with E-state index in [0.717, 1.165) is 4.88 Å². The summed E-state index contributed by atoms with van der Waals surface area (Å²) in [7, 11) is 0. The van der Waals surface area contributed by atoms with Crippen molar-refractivity contribution < 1.29 is 19.1 Å². The fraction of sp³-hybridized carbons (Fsp3) is 0.182. The second kappa shape index (κ2) is 5.08. The molecule has 19 heavy (non-hydrogen) atoms. The summed E-state index contributed by atoms with van der Waals surface area (Å²) in [6.45, 7) is -0.383. The van der Waals surface area contributed by atoms with Gasteiger partial charge in [0, 0.05) is 9.40 Å². The molecule has 1 N–H and O–H groups in total. The van der Waals surface area contributed by atoms with E-state index in [-0.39, 0.29) is 19.1 Å². The summed E-state index contributed by atoms with van der Waals surface area (Å²) >= 11 is 3.24. The first-order valence-electron chi connectivity index (χ1n) is 5.32. The van der Waals surface area contributed by atoms with Crippen LogP contribution in [0.25, 0.3) is 20.2 Å². The highest BCUT2D eigenvalue weighted by Crippen LogP contribution is 2.35. The van der Waals surface area contributed by atoms with Crippen molar-refractivity contribution >= 4 is 38.0 Å². The first kappa shape index (κ1) is 12.3. The van der Waals surface area contributed by atoms with Gasteiger partial charge in [0.15, 0.2) is 0 Å². The topological polar surface area (TPSA) is 85.5 Å². The first-order chi connectivity index (χ1) is 9.22. The van der Waals surface area contributed by atoms with Crippen LogP contribution in [0.2, 0.25) is 0 Å². The molecule has 0 amide bonds. The van der Waals surface area contributed by atoms with E-state index in [1.165, 1.54) is 9.40 Å². The standard InChI is InChI=1S/C11H8N2O4S2/c14-10(15)5-16-4-9-12-13-11(17-9)8-3-7-6(19-8)1-2-18-7/h1-3H,4-5H2,(H,14,15). The summed E-state index contributed by atoms with van der Waals surface area (Å²) in [6, 6.07) is 4.04.